The molecule has 0 spiro atoms. The minimum Gasteiger partial charge on any atom is -0.312 e. The molecule has 2 N–H and O–H groups in total. The molecule has 108 valence electrons. The largest absolute Gasteiger partial charge is 0.312 e. The average Bonchev–Trinajstić information content (AvgIpc) is 3.08. The van der Waals surface area contributed by atoms with E-state index in [1.54, 1.807) is 29.2 Å². The van der Waals surface area contributed by atoms with Gasteiger partial charge in [-0.25, -0.2) is 5.10 Å². The van der Waals surface area contributed by atoms with Gasteiger partial charge in [0.1, 0.15) is 6.33 Å². The van der Waals surface area contributed by atoms with E-state index < -0.39 is 5.92 Å². The Bertz CT molecular complexity index is 673. The van der Waals surface area contributed by atoms with E-state index in [0.717, 1.165) is 0 Å². The van der Waals surface area contributed by atoms with Crippen LogP contribution in [0.4, 0.5) is 11.6 Å². The number of rotatable bonds is 3. The van der Waals surface area contributed by atoms with Crippen LogP contribution in [0.15, 0.2) is 30.6 Å². The summed E-state index contributed by atoms with van der Waals surface area (Å²) >= 11 is 5.93. The van der Waals surface area contributed by atoms with Crippen molar-refractivity contribution in [2.24, 2.45) is 5.92 Å². The summed E-state index contributed by atoms with van der Waals surface area (Å²) in [6.45, 7) is 0.319. The van der Waals surface area contributed by atoms with Crippen LogP contribution < -0.4 is 10.2 Å². The van der Waals surface area contributed by atoms with Gasteiger partial charge in [0, 0.05) is 23.7 Å². The van der Waals surface area contributed by atoms with Crippen LogP contribution in [-0.4, -0.2) is 33.5 Å². The molecule has 1 aliphatic heterocycles. The van der Waals surface area contributed by atoms with Crippen molar-refractivity contribution in [1.82, 2.24) is 15.2 Å². The standard InChI is InChI=1S/C13H12ClN5O2/c14-9-2-1-3-10(5-9)19-6-8(4-11(19)20)12(21)17-13-15-7-16-18-13/h1-3,5,7-8H,4,6H2,(H2,15,16,17,18,21)/t8-/m1/s1. The van der Waals surface area contributed by atoms with Gasteiger partial charge in [0.2, 0.25) is 17.8 Å². The summed E-state index contributed by atoms with van der Waals surface area (Å²) < 4.78 is 0. The molecule has 2 heterocycles. The minimum absolute atomic E-state index is 0.102. The van der Waals surface area contributed by atoms with E-state index in [2.05, 4.69) is 20.5 Å². The van der Waals surface area contributed by atoms with Crippen LogP contribution in [0.2, 0.25) is 5.02 Å². The van der Waals surface area contributed by atoms with E-state index in [9.17, 15) is 9.59 Å². The summed E-state index contributed by atoms with van der Waals surface area (Å²) in [5, 5.41) is 9.34. The molecule has 2 aromatic rings. The van der Waals surface area contributed by atoms with Gasteiger partial charge in [-0.2, -0.15) is 10.1 Å². The Kier molecular flexibility index (Phi) is 3.57. The van der Waals surface area contributed by atoms with Crippen molar-refractivity contribution in [2.45, 2.75) is 6.42 Å². The van der Waals surface area contributed by atoms with Crippen LogP contribution in [0.25, 0.3) is 0 Å². The maximum absolute atomic E-state index is 12.1. The van der Waals surface area contributed by atoms with Gasteiger partial charge in [-0.15, -0.1) is 0 Å². The van der Waals surface area contributed by atoms with Crippen LogP contribution in [0.3, 0.4) is 0 Å². The zero-order valence-electron chi connectivity index (χ0n) is 10.9. The summed E-state index contributed by atoms with van der Waals surface area (Å²) in [7, 11) is 0. The molecule has 1 aliphatic rings. The van der Waals surface area contributed by atoms with E-state index in [1.807, 2.05) is 0 Å². The van der Waals surface area contributed by atoms with Crippen LogP contribution in [0, 0.1) is 5.92 Å². The number of hydrogen-bond acceptors (Lipinski definition) is 4. The highest BCUT2D eigenvalue weighted by atomic mass is 35.5. The maximum Gasteiger partial charge on any atom is 0.232 e. The zero-order chi connectivity index (χ0) is 14.8. The van der Waals surface area contributed by atoms with E-state index in [-0.39, 0.29) is 24.2 Å². The summed E-state index contributed by atoms with van der Waals surface area (Å²) in [5.41, 5.74) is 0.697. The lowest BCUT2D eigenvalue weighted by molar-refractivity contribution is -0.122. The highest BCUT2D eigenvalue weighted by molar-refractivity contribution is 6.31. The van der Waals surface area contributed by atoms with Crippen LogP contribution in [0.5, 0.6) is 0 Å². The molecule has 1 saturated heterocycles. The number of aromatic amines is 1. The van der Waals surface area contributed by atoms with Crippen molar-refractivity contribution in [3.8, 4) is 0 Å². The van der Waals surface area contributed by atoms with Gasteiger partial charge >= 0.3 is 0 Å². The molecule has 0 aliphatic carbocycles. The lowest BCUT2D eigenvalue weighted by atomic mass is 10.1. The van der Waals surface area contributed by atoms with Crippen molar-refractivity contribution in [2.75, 3.05) is 16.8 Å². The molecular weight excluding hydrogens is 294 g/mol. The fourth-order valence-corrected chi connectivity index (χ4v) is 2.45. The second kappa shape index (κ2) is 5.53. The van der Waals surface area contributed by atoms with Crippen LogP contribution in [-0.2, 0) is 9.59 Å². The first-order valence-electron chi connectivity index (χ1n) is 6.35. The number of aromatic nitrogens is 3. The van der Waals surface area contributed by atoms with Crippen molar-refractivity contribution in [3.63, 3.8) is 0 Å². The summed E-state index contributed by atoms with van der Waals surface area (Å²) in [4.78, 5) is 29.6. The van der Waals surface area contributed by atoms with Gasteiger partial charge in [-0.1, -0.05) is 17.7 Å². The fraction of sp³-hybridized carbons (Fsp3) is 0.231. The summed E-state index contributed by atoms with van der Waals surface area (Å²) in [6, 6.07) is 7.00. The van der Waals surface area contributed by atoms with E-state index in [0.29, 0.717) is 17.3 Å². The Hall–Kier alpha value is -2.41. The summed E-state index contributed by atoms with van der Waals surface area (Å²) in [6.07, 6.45) is 1.46. The van der Waals surface area contributed by atoms with Crippen molar-refractivity contribution >= 4 is 35.1 Å². The summed E-state index contributed by atoms with van der Waals surface area (Å²) in [5.74, 6) is -0.519. The highest BCUT2D eigenvalue weighted by Gasteiger charge is 2.35. The Morgan fingerprint density at radius 1 is 1.48 bits per heavy atom. The lowest BCUT2D eigenvalue weighted by Gasteiger charge is -2.16. The highest BCUT2D eigenvalue weighted by Crippen LogP contribution is 2.27. The molecular formula is C13H12ClN5O2. The number of carbonyl (C=O) groups is 2. The number of nitrogens with zero attached hydrogens (tertiary/aromatic N) is 3. The van der Waals surface area contributed by atoms with Crippen LogP contribution in [0.1, 0.15) is 6.42 Å². The van der Waals surface area contributed by atoms with E-state index >= 15 is 0 Å². The van der Waals surface area contributed by atoms with Crippen molar-refractivity contribution in [3.05, 3.63) is 35.6 Å². The molecule has 2 amide bonds. The number of benzene rings is 1. The lowest BCUT2D eigenvalue weighted by Crippen LogP contribution is -2.28. The van der Waals surface area contributed by atoms with Gasteiger partial charge < -0.3 is 4.90 Å². The molecule has 8 heteroatoms. The Balaban J connectivity index is 1.71. The molecule has 1 aromatic carbocycles. The third-order valence-corrected chi connectivity index (χ3v) is 3.51. The van der Waals surface area contributed by atoms with Gasteiger partial charge in [0.25, 0.3) is 0 Å². The molecule has 0 unspecified atom stereocenters. The molecule has 0 saturated carbocycles. The Morgan fingerprint density at radius 3 is 3.05 bits per heavy atom. The van der Waals surface area contributed by atoms with Crippen molar-refractivity contribution in [1.29, 1.82) is 0 Å². The molecule has 1 atom stereocenters. The fourth-order valence-electron chi connectivity index (χ4n) is 2.26. The maximum atomic E-state index is 12.1. The SMILES string of the molecule is O=C(Nc1ncn[nH]1)[C@@H]1CC(=O)N(c2cccc(Cl)c2)C1. The topological polar surface area (TPSA) is 91.0 Å². The number of carbonyl (C=O) groups excluding carboxylic acids is 2. The average molecular weight is 306 g/mol. The molecule has 1 aromatic heterocycles. The van der Waals surface area contributed by atoms with Crippen LogP contribution >= 0.6 is 11.6 Å². The first kappa shape index (κ1) is 13.6. The zero-order valence-corrected chi connectivity index (χ0v) is 11.7. The number of anilines is 2. The second-order valence-corrected chi connectivity index (χ2v) is 5.15. The quantitative estimate of drug-likeness (QED) is 0.898. The Morgan fingerprint density at radius 2 is 2.33 bits per heavy atom. The van der Waals surface area contributed by atoms with Gasteiger partial charge in [-0.3, -0.25) is 14.9 Å². The number of halogens is 1. The molecule has 7 nitrogen and oxygen atoms in total. The molecule has 0 bridgehead atoms. The Labute approximate surface area is 125 Å². The van der Waals surface area contributed by atoms with E-state index in [1.165, 1.54) is 6.33 Å². The number of H-pyrrole nitrogens is 1. The first-order chi connectivity index (χ1) is 10.1. The smallest absolute Gasteiger partial charge is 0.232 e. The van der Waals surface area contributed by atoms with Crippen molar-refractivity contribution < 1.29 is 9.59 Å². The molecule has 21 heavy (non-hydrogen) atoms. The number of nitrogens with one attached hydrogen (secondary N) is 2. The second-order valence-electron chi connectivity index (χ2n) is 4.71. The van der Waals surface area contributed by atoms with E-state index in [4.69, 9.17) is 11.6 Å². The normalized spacial score (nSPS) is 18.0. The third kappa shape index (κ3) is 2.87. The third-order valence-electron chi connectivity index (χ3n) is 3.27. The van der Waals surface area contributed by atoms with Gasteiger partial charge in [-0.05, 0) is 18.2 Å². The first-order valence-corrected chi connectivity index (χ1v) is 6.73. The monoisotopic (exact) mass is 305 g/mol. The predicted molar refractivity (Wildman–Crippen MR) is 76.9 cm³/mol. The van der Waals surface area contributed by atoms with Gasteiger partial charge in [0.05, 0.1) is 5.92 Å². The van der Waals surface area contributed by atoms with Gasteiger partial charge in [0.15, 0.2) is 0 Å². The number of amides is 2. The molecule has 3 rings (SSSR count). The predicted octanol–water partition coefficient (Wildman–Crippen LogP) is 1.45. The molecule has 0 radical (unpaired) electrons. The minimum atomic E-state index is -0.429. The number of hydrogen-bond donors (Lipinski definition) is 2. The molecule has 1 fully saturated rings.